The zero-order chi connectivity index (χ0) is 27.7. The quantitative estimate of drug-likeness (QED) is 0.275. The molecule has 8 heteroatoms. The highest BCUT2D eigenvalue weighted by Crippen LogP contribution is 2.30. The summed E-state index contributed by atoms with van der Waals surface area (Å²) >= 11 is 0. The number of rotatable bonds is 12. The molecule has 1 N–H and O–H groups in total. The minimum absolute atomic E-state index is 0.173. The van der Waals surface area contributed by atoms with Gasteiger partial charge in [-0.15, -0.1) is 0 Å². The van der Waals surface area contributed by atoms with Gasteiger partial charge >= 0.3 is 0 Å². The van der Waals surface area contributed by atoms with E-state index in [1.54, 1.807) is 7.11 Å². The fraction of sp³-hybridized carbons (Fsp3) is 0.344. The van der Waals surface area contributed by atoms with Crippen molar-refractivity contribution in [3.63, 3.8) is 0 Å². The number of aliphatic hydroxyl groups excluding tert-OH is 1. The summed E-state index contributed by atoms with van der Waals surface area (Å²) in [5.74, 6) is 2.19. The van der Waals surface area contributed by atoms with Gasteiger partial charge in [0, 0.05) is 32.7 Å². The summed E-state index contributed by atoms with van der Waals surface area (Å²) in [5.41, 5.74) is 3.40. The van der Waals surface area contributed by atoms with E-state index in [9.17, 15) is 5.11 Å². The molecular formula is C32H37N3O5. The molecule has 0 amide bonds. The number of methoxy groups -OCH3 is 1. The predicted octanol–water partition coefficient (Wildman–Crippen LogP) is 4.72. The van der Waals surface area contributed by atoms with Crippen molar-refractivity contribution < 1.29 is 23.8 Å². The Kier molecular flexibility index (Phi) is 9.34. The second kappa shape index (κ2) is 13.5. The van der Waals surface area contributed by atoms with Gasteiger partial charge in [-0.1, -0.05) is 72.8 Å². The molecule has 5 rings (SSSR count). The maximum atomic E-state index is 10.8. The summed E-state index contributed by atoms with van der Waals surface area (Å²) in [4.78, 5) is 4.84. The van der Waals surface area contributed by atoms with Crippen LogP contribution in [-0.2, 0) is 6.61 Å². The molecule has 2 heterocycles. The van der Waals surface area contributed by atoms with Gasteiger partial charge in [-0.3, -0.25) is 9.80 Å². The molecule has 1 saturated heterocycles. The summed E-state index contributed by atoms with van der Waals surface area (Å²) in [6, 6.07) is 29.0. The molecular weight excluding hydrogens is 506 g/mol. The molecule has 1 fully saturated rings. The molecule has 1 aliphatic heterocycles. The van der Waals surface area contributed by atoms with Crippen LogP contribution in [0.25, 0.3) is 0 Å². The smallest absolute Gasteiger partial charge is 0.257 e. The fourth-order valence-corrected chi connectivity index (χ4v) is 5.14. The molecule has 0 spiro atoms. The Morgan fingerprint density at radius 3 is 1.98 bits per heavy atom. The number of piperazine rings is 1. The van der Waals surface area contributed by atoms with Gasteiger partial charge in [0.05, 0.1) is 18.7 Å². The van der Waals surface area contributed by atoms with Gasteiger partial charge in [-0.2, -0.15) is 0 Å². The molecule has 8 nitrogen and oxygen atoms in total. The van der Waals surface area contributed by atoms with Gasteiger partial charge in [0.25, 0.3) is 5.88 Å². The van der Waals surface area contributed by atoms with Crippen LogP contribution in [0.3, 0.4) is 0 Å². The van der Waals surface area contributed by atoms with Crippen LogP contribution in [0, 0.1) is 6.92 Å². The number of aliphatic hydroxyl groups is 1. The van der Waals surface area contributed by atoms with E-state index in [-0.39, 0.29) is 19.3 Å². The number of hydrogen-bond donors (Lipinski definition) is 1. The summed E-state index contributed by atoms with van der Waals surface area (Å²) in [5, 5.41) is 14.7. The molecule has 0 saturated carbocycles. The maximum absolute atomic E-state index is 10.8. The van der Waals surface area contributed by atoms with Gasteiger partial charge in [0.1, 0.15) is 19.3 Å². The fourth-order valence-electron chi connectivity index (χ4n) is 5.14. The van der Waals surface area contributed by atoms with Gasteiger partial charge in [-0.05, 0) is 35.3 Å². The topological polar surface area (TPSA) is 80.4 Å². The van der Waals surface area contributed by atoms with E-state index in [1.807, 2.05) is 31.2 Å². The number of ether oxygens (including phenoxy) is 3. The third kappa shape index (κ3) is 6.83. The van der Waals surface area contributed by atoms with Crippen molar-refractivity contribution in [2.24, 2.45) is 0 Å². The van der Waals surface area contributed by atoms with Crippen molar-refractivity contribution in [2.75, 3.05) is 46.4 Å². The normalized spacial score (nSPS) is 15.2. The summed E-state index contributed by atoms with van der Waals surface area (Å²) in [6.45, 7) is 6.40. The standard InChI is InChI=1S/C32H37N3O5/c1-24-30(40-33-32(24)37-2)23-39-29-16-10-9-15-28(29)38-22-27(36)21-34-17-19-35(20-18-34)31(25-11-5-3-6-12-25)26-13-7-4-8-14-26/h3-16,27,31,36H,17-23H2,1-2H3. The monoisotopic (exact) mass is 543 g/mol. The van der Waals surface area contributed by atoms with Crippen LogP contribution < -0.4 is 14.2 Å². The first-order valence-corrected chi connectivity index (χ1v) is 13.7. The van der Waals surface area contributed by atoms with E-state index in [0.717, 1.165) is 31.7 Å². The average Bonchev–Trinajstić information content (AvgIpc) is 3.36. The highest BCUT2D eigenvalue weighted by Gasteiger charge is 2.27. The zero-order valence-corrected chi connectivity index (χ0v) is 23.1. The van der Waals surface area contributed by atoms with Crippen LogP contribution in [0.4, 0.5) is 0 Å². The van der Waals surface area contributed by atoms with Crippen molar-refractivity contribution in [1.82, 2.24) is 15.0 Å². The molecule has 0 bridgehead atoms. The molecule has 40 heavy (non-hydrogen) atoms. The van der Waals surface area contributed by atoms with Crippen LogP contribution in [0.2, 0.25) is 0 Å². The molecule has 210 valence electrons. The lowest BCUT2D eigenvalue weighted by Gasteiger charge is -2.40. The van der Waals surface area contributed by atoms with E-state index in [4.69, 9.17) is 18.7 Å². The maximum Gasteiger partial charge on any atom is 0.257 e. The minimum atomic E-state index is -0.626. The number of β-amino-alcohol motifs (C(OH)–C–C–N with tert-alkyl or cyclic N) is 1. The Bertz CT molecular complexity index is 1280. The van der Waals surface area contributed by atoms with E-state index in [0.29, 0.717) is 29.7 Å². The minimum Gasteiger partial charge on any atom is -0.487 e. The predicted molar refractivity (Wildman–Crippen MR) is 153 cm³/mol. The number of hydrogen-bond acceptors (Lipinski definition) is 8. The van der Waals surface area contributed by atoms with E-state index in [1.165, 1.54) is 11.1 Å². The first-order chi connectivity index (χ1) is 19.6. The number of aromatic nitrogens is 1. The second-order valence-electron chi connectivity index (χ2n) is 10.0. The van der Waals surface area contributed by atoms with Crippen LogP contribution >= 0.6 is 0 Å². The molecule has 4 aromatic rings. The van der Waals surface area contributed by atoms with Crippen LogP contribution in [0.1, 0.15) is 28.5 Å². The molecule has 1 unspecified atom stereocenters. The Hall–Kier alpha value is -3.85. The zero-order valence-electron chi connectivity index (χ0n) is 23.1. The Morgan fingerprint density at radius 1 is 0.825 bits per heavy atom. The van der Waals surface area contributed by atoms with Crippen molar-refractivity contribution in [3.05, 3.63) is 107 Å². The average molecular weight is 544 g/mol. The molecule has 0 radical (unpaired) electrons. The highest BCUT2D eigenvalue weighted by molar-refractivity contribution is 5.40. The van der Waals surface area contributed by atoms with Gasteiger partial charge in [0.15, 0.2) is 17.3 Å². The molecule has 1 aliphatic rings. The molecule has 0 aliphatic carbocycles. The Labute approximate surface area is 235 Å². The third-order valence-corrected chi connectivity index (χ3v) is 7.28. The SMILES string of the molecule is COc1noc(COc2ccccc2OCC(O)CN2CCN(C(c3ccccc3)c3ccccc3)CC2)c1C. The first kappa shape index (κ1) is 27.7. The largest absolute Gasteiger partial charge is 0.487 e. The van der Waals surface area contributed by atoms with Crippen LogP contribution in [0.15, 0.2) is 89.5 Å². The lowest BCUT2D eigenvalue weighted by atomic mass is 9.96. The van der Waals surface area contributed by atoms with E-state index >= 15 is 0 Å². The number of para-hydroxylation sites is 2. The van der Waals surface area contributed by atoms with E-state index < -0.39 is 6.10 Å². The van der Waals surface area contributed by atoms with Crippen molar-refractivity contribution >= 4 is 0 Å². The summed E-state index contributed by atoms with van der Waals surface area (Å²) in [7, 11) is 1.55. The summed E-state index contributed by atoms with van der Waals surface area (Å²) in [6.07, 6.45) is -0.626. The number of benzene rings is 3. The Morgan fingerprint density at radius 2 is 1.40 bits per heavy atom. The van der Waals surface area contributed by atoms with Crippen LogP contribution in [0.5, 0.6) is 17.4 Å². The highest BCUT2D eigenvalue weighted by atomic mass is 16.6. The Balaban J connectivity index is 1.12. The lowest BCUT2D eigenvalue weighted by Crippen LogP contribution is -2.50. The molecule has 1 aromatic heterocycles. The van der Waals surface area contributed by atoms with Gasteiger partial charge in [-0.25, -0.2) is 0 Å². The summed E-state index contributed by atoms with van der Waals surface area (Å²) < 4.78 is 22.4. The molecule has 1 atom stereocenters. The van der Waals surface area contributed by atoms with Gasteiger partial charge in [0.2, 0.25) is 0 Å². The third-order valence-electron chi connectivity index (χ3n) is 7.28. The first-order valence-electron chi connectivity index (χ1n) is 13.7. The second-order valence-corrected chi connectivity index (χ2v) is 10.0. The number of nitrogens with zero attached hydrogens (tertiary/aromatic N) is 3. The van der Waals surface area contributed by atoms with Crippen LogP contribution in [-0.4, -0.2) is 72.6 Å². The van der Waals surface area contributed by atoms with Gasteiger partial charge < -0.3 is 23.8 Å². The van der Waals surface area contributed by atoms with Crippen molar-refractivity contribution in [3.8, 4) is 17.4 Å². The van der Waals surface area contributed by atoms with Crippen molar-refractivity contribution in [2.45, 2.75) is 25.7 Å². The lowest BCUT2D eigenvalue weighted by molar-refractivity contribution is 0.0393. The van der Waals surface area contributed by atoms with E-state index in [2.05, 4.69) is 75.6 Å². The molecule has 3 aromatic carbocycles. The van der Waals surface area contributed by atoms with Crippen molar-refractivity contribution in [1.29, 1.82) is 0 Å².